The number of carbonyl (C=O) groups excluding carboxylic acids is 2. The number of esters is 1. The fourth-order valence-electron chi connectivity index (χ4n) is 13.8. The number of aliphatic hydroxyl groups excluding tert-OH is 5. The van der Waals surface area contributed by atoms with Crippen molar-refractivity contribution in [2.24, 2.45) is 50.2 Å². The fraction of sp³-hybridized carbons (Fsp3) is 0.884. The normalized spacial score (nSPS) is 50.1. The molecule has 7 N–H and O–H groups in total. The number of ether oxygens (including phenoxy) is 5. The first-order valence-corrected chi connectivity index (χ1v) is 21.3. The lowest BCUT2D eigenvalue weighted by molar-refractivity contribution is -0.374. The second-order valence-corrected chi connectivity index (χ2v) is 21.0. The molecule has 2 aliphatic heterocycles. The van der Waals surface area contributed by atoms with Crippen molar-refractivity contribution in [2.75, 3.05) is 7.11 Å². The van der Waals surface area contributed by atoms with Crippen molar-refractivity contribution in [1.29, 1.82) is 0 Å². The summed E-state index contributed by atoms with van der Waals surface area (Å²) in [6, 6.07) is 0. The zero-order valence-corrected chi connectivity index (χ0v) is 35.5. The Hall–Kier alpha value is -2.25. The van der Waals surface area contributed by atoms with Gasteiger partial charge in [-0.15, -0.1) is 0 Å². The maximum atomic E-state index is 13.1. The predicted molar refractivity (Wildman–Crippen MR) is 205 cm³/mol. The maximum Gasteiger partial charge on any atom is 0.373 e. The van der Waals surface area contributed by atoms with Crippen molar-refractivity contribution in [1.82, 2.24) is 0 Å². The molecular weight excluding hydrogens is 772 g/mol. The molecule has 2 heterocycles. The molecular formula is C43H66O16. The first-order valence-electron chi connectivity index (χ1n) is 21.3. The highest BCUT2D eigenvalue weighted by molar-refractivity contribution is 5.77. The van der Waals surface area contributed by atoms with Crippen LogP contribution < -0.4 is 0 Å². The van der Waals surface area contributed by atoms with E-state index >= 15 is 0 Å². The minimum absolute atomic E-state index is 0.00237. The fourth-order valence-corrected chi connectivity index (χ4v) is 13.8. The smallest absolute Gasteiger partial charge is 0.373 e. The van der Waals surface area contributed by atoms with E-state index < -0.39 is 96.3 Å². The third-order valence-corrected chi connectivity index (χ3v) is 17.5. The van der Waals surface area contributed by atoms with Crippen LogP contribution >= 0.6 is 0 Å². The molecule has 7 aliphatic rings. The minimum atomic E-state index is -2.02. The lowest BCUT2D eigenvalue weighted by atomic mass is 9.33. The number of hydrogen-bond acceptors (Lipinski definition) is 15. The van der Waals surface area contributed by atoms with Gasteiger partial charge in [-0.3, -0.25) is 9.68 Å². The van der Waals surface area contributed by atoms with Crippen LogP contribution in [-0.2, 0) is 43.0 Å². The van der Waals surface area contributed by atoms with Gasteiger partial charge in [-0.05, 0) is 109 Å². The average molecular weight is 839 g/mol. The molecule has 5 aliphatic carbocycles. The number of carboxylic acid groups (broad SMARTS) is 1. The topological polar surface area (TPSA) is 248 Å². The minimum Gasteiger partial charge on any atom is -0.481 e. The molecule has 4 saturated carbocycles. The second kappa shape index (κ2) is 15.2. The molecule has 0 amide bonds. The molecule has 0 unspecified atom stereocenters. The van der Waals surface area contributed by atoms with Crippen LogP contribution in [0.3, 0.4) is 0 Å². The summed E-state index contributed by atoms with van der Waals surface area (Å²) in [6.45, 7) is 16.1. The van der Waals surface area contributed by atoms with Gasteiger partial charge in [0.1, 0.15) is 36.6 Å². The number of carbonyl (C=O) groups is 3. The van der Waals surface area contributed by atoms with E-state index in [4.69, 9.17) is 28.9 Å². The van der Waals surface area contributed by atoms with Crippen molar-refractivity contribution < 1.29 is 78.9 Å². The standard InChI is InChI=1S/C43H66O16/c1-38(2)15-17-43(37(51)52)18-16-41(6)20(21(43)19-38)9-10-23-40(5)13-12-24(39(3,4)22(40)11-14-42(23,41)7)55-36-32(28(47)27(46)30(57-36)33(49)54-8)58-35-29(48)25(44)26(45)31(56-35)34(50)59-53/h9,21-32,35-36,44-48,53H,10-19H2,1-8H3,(H,51,52)/t21-,22-,23+,24-,25-,26-,27-,28-,29+,30-,31-,32+,35-,36+,40-,41+,42+,43-/m0/s1. The number of methoxy groups -OCH3 is 1. The lowest BCUT2D eigenvalue weighted by Gasteiger charge is -2.71. The van der Waals surface area contributed by atoms with Crippen LogP contribution in [0.5, 0.6) is 0 Å². The zero-order chi connectivity index (χ0) is 43.4. The Morgan fingerprint density at radius 1 is 0.712 bits per heavy atom. The Labute approximate surface area is 345 Å². The molecule has 0 radical (unpaired) electrons. The highest BCUT2D eigenvalue weighted by atomic mass is 17.1. The third kappa shape index (κ3) is 6.73. The van der Waals surface area contributed by atoms with E-state index in [0.29, 0.717) is 25.2 Å². The van der Waals surface area contributed by atoms with E-state index in [1.165, 1.54) is 5.57 Å². The summed E-state index contributed by atoms with van der Waals surface area (Å²) in [5, 5.41) is 73.8. The van der Waals surface area contributed by atoms with Crippen molar-refractivity contribution in [3.8, 4) is 0 Å². The molecule has 6 fully saturated rings. The number of aliphatic hydroxyl groups is 5. The Kier molecular flexibility index (Phi) is 11.6. The van der Waals surface area contributed by atoms with Gasteiger partial charge >= 0.3 is 17.9 Å². The molecule has 18 atom stereocenters. The molecule has 59 heavy (non-hydrogen) atoms. The van der Waals surface area contributed by atoms with E-state index in [9.17, 15) is 45.0 Å². The van der Waals surface area contributed by atoms with Crippen LogP contribution in [0.15, 0.2) is 11.6 Å². The van der Waals surface area contributed by atoms with E-state index in [2.05, 4.69) is 59.4 Å². The van der Waals surface area contributed by atoms with Gasteiger partial charge in [0.15, 0.2) is 24.8 Å². The molecule has 0 aromatic carbocycles. The van der Waals surface area contributed by atoms with Crippen molar-refractivity contribution in [2.45, 2.75) is 180 Å². The van der Waals surface area contributed by atoms with Crippen LogP contribution in [0.2, 0.25) is 0 Å². The van der Waals surface area contributed by atoms with Gasteiger partial charge in [0.2, 0.25) is 0 Å². The Bertz CT molecular complexity index is 1680. The first kappa shape index (κ1) is 44.8. The van der Waals surface area contributed by atoms with E-state index in [1.54, 1.807) is 0 Å². The molecule has 334 valence electrons. The van der Waals surface area contributed by atoms with Gasteiger partial charge in [0.05, 0.1) is 18.6 Å². The highest BCUT2D eigenvalue weighted by Gasteiger charge is 2.70. The summed E-state index contributed by atoms with van der Waals surface area (Å²) in [6.07, 6.45) is -8.84. The Balaban J connectivity index is 1.16. The summed E-state index contributed by atoms with van der Waals surface area (Å²) in [5.74, 6) is -2.69. The van der Waals surface area contributed by atoms with Crippen molar-refractivity contribution in [3.63, 3.8) is 0 Å². The van der Waals surface area contributed by atoms with Gasteiger partial charge in [0, 0.05) is 0 Å². The molecule has 0 aromatic heterocycles. The van der Waals surface area contributed by atoms with Crippen molar-refractivity contribution >= 4 is 17.9 Å². The van der Waals surface area contributed by atoms with Crippen LogP contribution in [0, 0.1) is 50.2 Å². The molecule has 2 saturated heterocycles. The predicted octanol–water partition coefficient (Wildman–Crippen LogP) is 3.09. The summed E-state index contributed by atoms with van der Waals surface area (Å²) in [7, 11) is 1.10. The van der Waals surface area contributed by atoms with Crippen LogP contribution in [0.25, 0.3) is 0 Å². The molecule has 7 rings (SSSR count). The number of aliphatic carboxylic acids is 1. The number of fused-ring (bicyclic) bond motifs is 7. The lowest BCUT2D eigenvalue weighted by Crippen LogP contribution is -2.67. The van der Waals surface area contributed by atoms with Gasteiger partial charge in [0.25, 0.3) is 0 Å². The molecule has 0 bridgehead atoms. The van der Waals surface area contributed by atoms with Gasteiger partial charge in [-0.25, -0.2) is 9.59 Å². The summed E-state index contributed by atoms with van der Waals surface area (Å²) in [5.41, 5.74) is -0.228. The molecule has 16 heteroatoms. The van der Waals surface area contributed by atoms with Gasteiger partial charge in [-0.1, -0.05) is 60.1 Å². The van der Waals surface area contributed by atoms with Crippen LogP contribution in [0.4, 0.5) is 0 Å². The summed E-state index contributed by atoms with van der Waals surface area (Å²) >= 11 is 0. The monoisotopic (exact) mass is 838 g/mol. The SMILES string of the molecule is COC(=O)[C@H]1O[C@@H](O[C@H]2CC[C@]3(C)[C@H]4CC=C5[C@@H]6CC(C)(C)CC[C@]6(C(=O)O)CC[C@@]5(C)[C@]4(C)CC[C@H]3C2(C)C)[C@H](O[C@@H]2O[C@H](C(=O)OO)[C@@H](O)[C@H](O)[C@H]2O)[C@@H](O)[C@@H]1O. The van der Waals surface area contributed by atoms with E-state index in [0.717, 1.165) is 52.1 Å². The first-order chi connectivity index (χ1) is 27.4. The number of rotatable bonds is 7. The summed E-state index contributed by atoms with van der Waals surface area (Å²) < 4.78 is 28.9. The van der Waals surface area contributed by atoms with Gasteiger partial charge < -0.3 is 54.3 Å². The van der Waals surface area contributed by atoms with Crippen LogP contribution in [-0.4, -0.2) is 128 Å². The van der Waals surface area contributed by atoms with Crippen LogP contribution in [0.1, 0.15) is 113 Å². The van der Waals surface area contributed by atoms with E-state index in [-0.39, 0.29) is 33.5 Å². The molecule has 0 spiro atoms. The number of carboxylic acids is 1. The molecule has 16 nitrogen and oxygen atoms in total. The zero-order valence-electron chi connectivity index (χ0n) is 35.5. The summed E-state index contributed by atoms with van der Waals surface area (Å²) in [4.78, 5) is 41.7. The third-order valence-electron chi connectivity index (χ3n) is 17.5. The number of allylic oxidation sites excluding steroid dienone is 2. The van der Waals surface area contributed by atoms with Crippen molar-refractivity contribution in [3.05, 3.63) is 11.6 Å². The quantitative estimate of drug-likeness (QED) is 0.0640. The van der Waals surface area contributed by atoms with Gasteiger partial charge in [-0.2, -0.15) is 5.26 Å². The average Bonchev–Trinajstić information content (AvgIpc) is 3.17. The van der Waals surface area contributed by atoms with E-state index in [1.807, 2.05) is 0 Å². The number of hydrogen-bond donors (Lipinski definition) is 7. The molecule has 0 aromatic rings. The Morgan fingerprint density at radius 2 is 1.34 bits per heavy atom. The maximum absolute atomic E-state index is 13.1. The largest absolute Gasteiger partial charge is 0.481 e. The Morgan fingerprint density at radius 3 is 1.98 bits per heavy atom. The second-order valence-electron chi connectivity index (χ2n) is 21.0. The highest BCUT2D eigenvalue weighted by Crippen LogP contribution is 2.76.